The van der Waals surface area contributed by atoms with E-state index in [0.29, 0.717) is 64.2 Å². The van der Waals surface area contributed by atoms with E-state index in [2.05, 4.69) is 40.2 Å². The van der Waals surface area contributed by atoms with Gasteiger partial charge in [-0.3, -0.25) is 14.4 Å². The topological polar surface area (TPSA) is 191 Å². The Balaban J connectivity index is 1.76. The molecular weight excluding hydrogens is 586 g/mol. The van der Waals surface area contributed by atoms with Crippen LogP contribution in [0, 0.1) is 0 Å². The summed E-state index contributed by atoms with van der Waals surface area (Å²) in [6, 6.07) is 7.16. The van der Waals surface area contributed by atoms with Gasteiger partial charge in [-0.15, -0.1) is 0 Å². The Morgan fingerprint density at radius 2 is 1.29 bits per heavy atom. The molecule has 256 valence electrons. The van der Waals surface area contributed by atoms with Crippen molar-refractivity contribution in [1.82, 2.24) is 16.0 Å². The lowest BCUT2D eigenvalue weighted by atomic mass is 9.91. The highest BCUT2D eigenvalue weighted by Crippen LogP contribution is 2.31. The molecule has 0 aliphatic heterocycles. The monoisotopic (exact) mass is 647 g/mol. The Morgan fingerprint density at radius 1 is 0.711 bits per heavy atom. The Bertz CT molecular complexity index is 958. The number of benzene rings is 1. The molecule has 0 radical (unpaired) electrons. The number of thioether (sulfide) groups is 1. The average Bonchev–Trinajstić information content (AvgIpc) is 3.34. The van der Waals surface area contributed by atoms with Crippen LogP contribution in [-0.2, 0) is 20.1 Å². The van der Waals surface area contributed by atoms with Crippen molar-refractivity contribution < 1.29 is 14.4 Å². The van der Waals surface area contributed by atoms with E-state index in [9.17, 15) is 14.4 Å². The zero-order valence-corrected chi connectivity index (χ0v) is 28.2. The van der Waals surface area contributed by atoms with Crippen LogP contribution in [0.25, 0.3) is 0 Å². The minimum Gasteiger partial charge on any atom is -0.355 e. The summed E-state index contributed by atoms with van der Waals surface area (Å²) in [6.45, 7) is 2.11. The number of amides is 3. The van der Waals surface area contributed by atoms with Crippen LogP contribution in [0.1, 0.15) is 113 Å². The molecule has 1 aliphatic rings. The lowest BCUT2D eigenvalue weighted by Crippen LogP contribution is -2.51. The van der Waals surface area contributed by atoms with Crippen LogP contribution >= 0.6 is 11.8 Å². The third-order valence-corrected chi connectivity index (χ3v) is 9.61. The van der Waals surface area contributed by atoms with E-state index >= 15 is 0 Å². The van der Waals surface area contributed by atoms with Crippen molar-refractivity contribution in [3.8, 4) is 0 Å². The predicted octanol–water partition coefficient (Wildman–Crippen LogP) is 3.16. The van der Waals surface area contributed by atoms with Gasteiger partial charge in [0.1, 0.15) is 6.04 Å². The van der Waals surface area contributed by atoms with Gasteiger partial charge in [-0.2, -0.15) is 11.8 Å². The van der Waals surface area contributed by atoms with Crippen LogP contribution in [0.5, 0.6) is 0 Å². The molecule has 1 saturated carbocycles. The number of hydrogen-bond acceptors (Lipinski definition) is 8. The summed E-state index contributed by atoms with van der Waals surface area (Å²) in [4.78, 5) is 38.1. The number of hydrogen-bond donors (Lipinski definition) is 7. The molecule has 1 aliphatic carbocycles. The number of carbonyl (C=O) groups is 3. The third-order valence-electron chi connectivity index (χ3n) is 8.58. The number of unbranched alkanes of at least 4 members (excludes halogenated alkanes) is 3. The van der Waals surface area contributed by atoms with Gasteiger partial charge in [-0.25, -0.2) is 0 Å². The Morgan fingerprint density at radius 3 is 1.91 bits per heavy atom. The smallest absolute Gasteiger partial charge is 0.242 e. The van der Waals surface area contributed by atoms with Crippen molar-refractivity contribution in [2.45, 2.75) is 126 Å². The first-order chi connectivity index (χ1) is 21.8. The molecule has 45 heavy (non-hydrogen) atoms. The summed E-state index contributed by atoms with van der Waals surface area (Å²) in [7, 11) is 0. The van der Waals surface area contributed by atoms with Crippen LogP contribution in [0.4, 0.5) is 0 Å². The molecule has 3 atom stereocenters. The number of carbonyl (C=O) groups excluding carboxylic acids is 3. The molecule has 0 heterocycles. The van der Waals surface area contributed by atoms with Gasteiger partial charge in [0.15, 0.2) is 0 Å². The first-order valence-electron chi connectivity index (χ1n) is 17.3. The van der Waals surface area contributed by atoms with Crippen molar-refractivity contribution in [3.05, 3.63) is 35.4 Å². The number of nitrogens with one attached hydrogen (secondary N) is 3. The quantitative estimate of drug-likeness (QED) is 0.0696. The van der Waals surface area contributed by atoms with Gasteiger partial charge in [0, 0.05) is 24.6 Å². The third kappa shape index (κ3) is 16.8. The predicted molar refractivity (Wildman–Crippen MR) is 187 cm³/mol. The molecule has 3 amide bonds. The van der Waals surface area contributed by atoms with Crippen molar-refractivity contribution in [2.75, 3.05) is 31.9 Å². The van der Waals surface area contributed by atoms with Crippen molar-refractivity contribution in [1.29, 1.82) is 0 Å². The van der Waals surface area contributed by atoms with Gasteiger partial charge in [0.2, 0.25) is 17.7 Å². The van der Waals surface area contributed by atoms with Gasteiger partial charge in [-0.05, 0) is 87.9 Å². The molecule has 0 saturated heterocycles. The average molecular weight is 648 g/mol. The van der Waals surface area contributed by atoms with E-state index in [1.807, 2.05) is 0 Å². The fourth-order valence-electron chi connectivity index (χ4n) is 5.70. The van der Waals surface area contributed by atoms with Crippen LogP contribution in [0.2, 0.25) is 0 Å². The highest BCUT2D eigenvalue weighted by molar-refractivity contribution is 7.98. The van der Waals surface area contributed by atoms with Gasteiger partial charge >= 0.3 is 0 Å². The maximum Gasteiger partial charge on any atom is 0.242 e. The highest BCUT2D eigenvalue weighted by atomic mass is 32.2. The Kier molecular flexibility index (Phi) is 20.8. The van der Waals surface area contributed by atoms with E-state index < -0.39 is 18.1 Å². The number of rotatable bonds is 23. The van der Waals surface area contributed by atoms with Crippen molar-refractivity contribution >= 4 is 29.5 Å². The minimum atomic E-state index is -0.686. The molecule has 0 unspecified atom stereocenters. The van der Waals surface area contributed by atoms with Gasteiger partial charge < -0.3 is 38.9 Å². The lowest BCUT2D eigenvalue weighted by molar-refractivity contribution is -0.129. The van der Waals surface area contributed by atoms with Gasteiger partial charge in [0.25, 0.3) is 0 Å². The Labute approximate surface area is 275 Å². The molecule has 11 N–H and O–H groups in total. The molecule has 0 bridgehead atoms. The lowest BCUT2D eigenvalue weighted by Gasteiger charge is -2.21. The minimum absolute atomic E-state index is 0.175. The molecule has 1 aromatic rings. The second-order valence-corrected chi connectivity index (χ2v) is 13.5. The van der Waals surface area contributed by atoms with Gasteiger partial charge in [-0.1, -0.05) is 62.8 Å². The largest absolute Gasteiger partial charge is 0.355 e. The summed E-state index contributed by atoms with van der Waals surface area (Å²) in [6.07, 6.45) is 14.1. The zero-order valence-electron chi connectivity index (χ0n) is 27.4. The van der Waals surface area contributed by atoms with Crippen molar-refractivity contribution in [2.24, 2.45) is 22.9 Å². The standard InChI is InChI=1S/C34H61N7O3S/c35-20-8-5-13-29(37)32(42)39-22-10-7-15-31(41-33(43)30(38)14-6-9-21-36)34(44)40-23-24-45-25-26-16-18-28(19-17-26)27-11-3-1-2-4-12-27/h16-19,27,29-31H,1-15,20-25,35-38H2,(H,39,42)(H,40,44)(H,41,43)/t29-,30-,31-/m0/s1. The molecule has 11 heteroatoms. The molecule has 2 rings (SSSR count). The van der Waals surface area contributed by atoms with Crippen LogP contribution in [0.3, 0.4) is 0 Å². The summed E-state index contributed by atoms with van der Waals surface area (Å²) < 4.78 is 0. The van der Waals surface area contributed by atoms with Crippen LogP contribution < -0.4 is 38.9 Å². The van der Waals surface area contributed by atoms with Crippen LogP contribution in [-0.4, -0.2) is 67.8 Å². The van der Waals surface area contributed by atoms with Crippen molar-refractivity contribution in [3.63, 3.8) is 0 Å². The first-order valence-corrected chi connectivity index (χ1v) is 18.4. The van der Waals surface area contributed by atoms with E-state index in [-0.39, 0.29) is 17.7 Å². The van der Waals surface area contributed by atoms with E-state index in [1.54, 1.807) is 11.8 Å². The SMILES string of the molecule is NCCCC[C@H](N)C(=O)NCCCC[C@H](NC(=O)[C@@H](N)CCCCN)C(=O)NCCSCc1ccc(C2CCCCCC2)cc1. The fraction of sp³-hybridized carbons (Fsp3) is 0.735. The van der Waals surface area contributed by atoms with E-state index in [1.165, 1.54) is 49.7 Å². The van der Waals surface area contributed by atoms with E-state index in [4.69, 9.17) is 22.9 Å². The van der Waals surface area contributed by atoms with E-state index in [0.717, 1.165) is 37.2 Å². The molecule has 1 aromatic carbocycles. The molecule has 0 aromatic heterocycles. The number of nitrogens with two attached hydrogens (primary N) is 4. The molecular formula is C34H61N7O3S. The summed E-state index contributed by atoms with van der Waals surface area (Å²) in [5, 5.41) is 8.72. The molecule has 1 fully saturated rings. The highest BCUT2D eigenvalue weighted by Gasteiger charge is 2.23. The van der Waals surface area contributed by atoms with Crippen LogP contribution in [0.15, 0.2) is 24.3 Å². The molecule has 10 nitrogen and oxygen atoms in total. The summed E-state index contributed by atoms with van der Waals surface area (Å²) in [5.41, 5.74) is 25.9. The maximum absolute atomic E-state index is 13.1. The zero-order chi connectivity index (χ0) is 32.7. The summed E-state index contributed by atoms with van der Waals surface area (Å²) in [5.74, 6) is 1.65. The second kappa shape index (κ2) is 24.1. The normalized spacial score (nSPS) is 15.9. The van der Waals surface area contributed by atoms with Gasteiger partial charge in [0.05, 0.1) is 12.1 Å². The maximum atomic E-state index is 13.1. The molecule has 0 spiro atoms. The summed E-state index contributed by atoms with van der Waals surface area (Å²) >= 11 is 1.78. The fourth-order valence-corrected chi connectivity index (χ4v) is 6.52. The Hall–Kier alpha value is -2.18. The first kappa shape index (κ1) is 39.0. The second-order valence-electron chi connectivity index (χ2n) is 12.4.